The maximum absolute atomic E-state index is 12.4. The van der Waals surface area contributed by atoms with Gasteiger partial charge in [0.05, 0.1) is 5.75 Å². The van der Waals surface area contributed by atoms with E-state index in [0.717, 1.165) is 35.9 Å². The molecule has 122 valence electrons. The minimum atomic E-state index is 0.188. The van der Waals surface area contributed by atoms with Crippen LogP contribution in [-0.2, 0) is 11.8 Å². The van der Waals surface area contributed by atoms with Crippen molar-refractivity contribution in [1.82, 2.24) is 24.6 Å². The summed E-state index contributed by atoms with van der Waals surface area (Å²) in [5, 5.41) is 9.18. The number of carbonyl (C=O) groups excluding carboxylic acids is 1. The van der Waals surface area contributed by atoms with E-state index in [1.807, 2.05) is 28.6 Å². The molecule has 23 heavy (non-hydrogen) atoms. The summed E-state index contributed by atoms with van der Waals surface area (Å²) in [7, 11) is 1.92. The largest absolute Gasteiger partial charge is 0.339 e. The van der Waals surface area contributed by atoms with Gasteiger partial charge in [0.1, 0.15) is 0 Å². The molecule has 1 aliphatic heterocycles. The molecule has 0 N–H and O–H groups in total. The number of carbonyl (C=O) groups is 1. The average molecular weight is 331 g/mol. The molecule has 3 heterocycles. The summed E-state index contributed by atoms with van der Waals surface area (Å²) in [6.45, 7) is 3.00. The minimum absolute atomic E-state index is 0.188. The molecule has 0 spiro atoms. The fourth-order valence-electron chi connectivity index (χ4n) is 2.86. The third-order valence-corrected chi connectivity index (χ3v) is 5.21. The molecule has 0 unspecified atom stereocenters. The van der Waals surface area contributed by atoms with Crippen molar-refractivity contribution in [3.8, 4) is 11.4 Å². The zero-order valence-corrected chi connectivity index (χ0v) is 14.3. The van der Waals surface area contributed by atoms with Crippen molar-refractivity contribution in [1.29, 1.82) is 0 Å². The second-order valence-electron chi connectivity index (χ2n) is 5.83. The third kappa shape index (κ3) is 3.55. The highest BCUT2D eigenvalue weighted by Gasteiger charge is 2.23. The Labute approximate surface area is 140 Å². The quantitative estimate of drug-likeness (QED) is 0.805. The van der Waals surface area contributed by atoms with E-state index < -0.39 is 0 Å². The lowest BCUT2D eigenvalue weighted by atomic mass is 10.0. The van der Waals surface area contributed by atoms with Gasteiger partial charge in [-0.25, -0.2) is 0 Å². The van der Waals surface area contributed by atoms with Gasteiger partial charge in [-0.15, -0.1) is 10.2 Å². The van der Waals surface area contributed by atoms with E-state index in [9.17, 15) is 4.79 Å². The van der Waals surface area contributed by atoms with Crippen molar-refractivity contribution in [3.05, 3.63) is 24.5 Å². The van der Waals surface area contributed by atoms with Gasteiger partial charge in [-0.05, 0) is 38.3 Å². The Balaban J connectivity index is 1.65. The molecule has 0 saturated carbocycles. The lowest BCUT2D eigenvalue weighted by molar-refractivity contribution is -0.131. The topological polar surface area (TPSA) is 63.9 Å². The molecular weight excluding hydrogens is 310 g/mol. The van der Waals surface area contributed by atoms with Crippen molar-refractivity contribution >= 4 is 17.7 Å². The molecule has 1 aliphatic rings. The molecule has 1 atom stereocenters. The fraction of sp³-hybridized carbons (Fsp3) is 0.500. The summed E-state index contributed by atoms with van der Waals surface area (Å²) in [6, 6.07) is 4.17. The molecule has 0 aliphatic carbocycles. The second-order valence-corrected chi connectivity index (χ2v) is 6.77. The summed E-state index contributed by atoms with van der Waals surface area (Å²) in [4.78, 5) is 18.5. The summed E-state index contributed by atoms with van der Waals surface area (Å²) in [5.74, 6) is 1.36. The first-order valence-electron chi connectivity index (χ1n) is 7.89. The molecule has 2 aromatic rings. The van der Waals surface area contributed by atoms with Crippen LogP contribution in [0.15, 0.2) is 29.7 Å². The first-order valence-corrected chi connectivity index (χ1v) is 8.87. The fourth-order valence-corrected chi connectivity index (χ4v) is 3.66. The molecule has 0 aromatic carbocycles. The van der Waals surface area contributed by atoms with E-state index >= 15 is 0 Å². The van der Waals surface area contributed by atoms with Crippen LogP contribution in [0.3, 0.4) is 0 Å². The van der Waals surface area contributed by atoms with Crippen LogP contribution >= 0.6 is 11.8 Å². The summed E-state index contributed by atoms with van der Waals surface area (Å²) >= 11 is 1.44. The number of nitrogens with zero attached hydrogens (tertiary/aromatic N) is 5. The molecule has 1 saturated heterocycles. The van der Waals surface area contributed by atoms with Crippen LogP contribution in [0.2, 0.25) is 0 Å². The van der Waals surface area contributed by atoms with Crippen molar-refractivity contribution in [3.63, 3.8) is 0 Å². The van der Waals surface area contributed by atoms with E-state index in [2.05, 4.69) is 22.1 Å². The van der Waals surface area contributed by atoms with Gasteiger partial charge in [-0.3, -0.25) is 9.78 Å². The number of thioether (sulfide) groups is 1. The van der Waals surface area contributed by atoms with Gasteiger partial charge in [0.2, 0.25) is 5.91 Å². The lowest BCUT2D eigenvalue weighted by Gasteiger charge is -2.33. The van der Waals surface area contributed by atoms with Crippen LogP contribution in [0.1, 0.15) is 26.2 Å². The van der Waals surface area contributed by atoms with Gasteiger partial charge < -0.3 is 9.47 Å². The molecule has 1 amide bonds. The van der Waals surface area contributed by atoms with Gasteiger partial charge in [-0.1, -0.05) is 11.8 Å². The van der Waals surface area contributed by atoms with Crippen LogP contribution < -0.4 is 0 Å². The standard InChI is InChI=1S/C16H21N5OS/c1-12-6-3-4-9-21(12)14(22)11-23-16-19-18-15(20(16)2)13-7-5-8-17-10-13/h5,7-8,10,12H,3-4,6,9,11H2,1-2H3/t12-/m0/s1. The zero-order valence-electron chi connectivity index (χ0n) is 13.5. The Morgan fingerprint density at radius 1 is 1.39 bits per heavy atom. The first kappa shape index (κ1) is 16.0. The number of pyridine rings is 1. The zero-order chi connectivity index (χ0) is 16.2. The number of aromatic nitrogens is 4. The van der Waals surface area contributed by atoms with Crippen LogP contribution in [0.5, 0.6) is 0 Å². The maximum atomic E-state index is 12.4. The predicted octanol–water partition coefficient (Wildman–Crippen LogP) is 2.37. The SMILES string of the molecule is C[C@H]1CCCCN1C(=O)CSc1nnc(-c2cccnc2)n1C. The Kier molecular flexibility index (Phi) is 4.95. The number of likely N-dealkylation sites (tertiary alicyclic amines) is 1. The molecule has 2 aromatic heterocycles. The van der Waals surface area contributed by atoms with Gasteiger partial charge in [-0.2, -0.15) is 0 Å². The Hall–Kier alpha value is -1.89. The monoisotopic (exact) mass is 331 g/mol. The molecule has 0 radical (unpaired) electrons. The van der Waals surface area contributed by atoms with Crippen molar-refractivity contribution in [2.75, 3.05) is 12.3 Å². The Morgan fingerprint density at radius 3 is 3.00 bits per heavy atom. The minimum Gasteiger partial charge on any atom is -0.339 e. The van der Waals surface area contributed by atoms with Gasteiger partial charge in [0.15, 0.2) is 11.0 Å². The van der Waals surface area contributed by atoms with E-state index in [4.69, 9.17) is 0 Å². The van der Waals surface area contributed by atoms with Crippen LogP contribution in [0, 0.1) is 0 Å². The van der Waals surface area contributed by atoms with Gasteiger partial charge >= 0.3 is 0 Å². The first-order chi connectivity index (χ1) is 11.2. The van der Waals surface area contributed by atoms with E-state index in [0.29, 0.717) is 11.8 Å². The average Bonchev–Trinajstić information content (AvgIpc) is 2.94. The Morgan fingerprint density at radius 2 is 2.26 bits per heavy atom. The van der Waals surface area contributed by atoms with Crippen molar-refractivity contribution in [2.24, 2.45) is 7.05 Å². The molecule has 7 heteroatoms. The molecule has 1 fully saturated rings. The van der Waals surface area contributed by atoms with Crippen LogP contribution in [-0.4, -0.2) is 48.9 Å². The highest BCUT2D eigenvalue weighted by atomic mass is 32.2. The molecule has 6 nitrogen and oxygen atoms in total. The number of rotatable bonds is 4. The highest BCUT2D eigenvalue weighted by molar-refractivity contribution is 7.99. The van der Waals surface area contributed by atoms with E-state index in [-0.39, 0.29) is 5.91 Å². The maximum Gasteiger partial charge on any atom is 0.233 e. The number of hydrogen-bond acceptors (Lipinski definition) is 5. The normalized spacial score (nSPS) is 18.2. The van der Waals surface area contributed by atoms with E-state index in [1.165, 1.54) is 18.2 Å². The predicted molar refractivity (Wildman–Crippen MR) is 90.0 cm³/mol. The third-order valence-electron chi connectivity index (χ3n) is 4.20. The van der Waals surface area contributed by atoms with Crippen molar-refractivity contribution in [2.45, 2.75) is 37.4 Å². The van der Waals surface area contributed by atoms with Crippen LogP contribution in [0.25, 0.3) is 11.4 Å². The van der Waals surface area contributed by atoms with E-state index in [1.54, 1.807) is 12.4 Å². The molecule has 0 bridgehead atoms. The summed E-state index contributed by atoms with van der Waals surface area (Å²) in [6.07, 6.45) is 6.92. The number of piperidine rings is 1. The van der Waals surface area contributed by atoms with Gasteiger partial charge in [0, 0.05) is 37.6 Å². The smallest absolute Gasteiger partial charge is 0.233 e. The van der Waals surface area contributed by atoms with Crippen LogP contribution in [0.4, 0.5) is 0 Å². The summed E-state index contributed by atoms with van der Waals surface area (Å²) < 4.78 is 1.91. The highest BCUT2D eigenvalue weighted by Crippen LogP contribution is 2.23. The second kappa shape index (κ2) is 7.12. The Bertz CT molecular complexity index is 672. The summed E-state index contributed by atoms with van der Waals surface area (Å²) in [5.41, 5.74) is 0.922. The number of hydrogen-bond donors (Lipinski definition) is 0. The number of amides is 1. The molecular formula is C16H21N5OS. The van der Waals surface area contributed by atoms with Gasteiger partial charge in [0.25, 0.3) is 0 Å². The lowest BCUT2D eigenvalue weighted by Crippen LogP contribution is -2.42. The van der Waals surface area contributed by atoms with Crippen molar-refractivity contribution < 1.29 is 4.79 Å². The molecule has 3 rings (SSSR count).